The third-order valence-corrected chi connectivity index (χ3v) is 4.56. The first-order valence-electron chi connectivity index (χ1n) is 7.46. The fraction of sp³-hybridized carbons (Fsp3) is 0.0588. The summed E-state index contributed by atoms with van der Waals surface area (Å²) < 4.78 is 3.85. The van der Waals surface area contributed by atoms with Crippen LogP contribution in [0.1, 0.15) is 5.69 Å². The van der Waals surface area contributed by atoms with Crippen molar-refractivity contribution < 1.29 is 0 Å². The fourth-order valence-electron chi connectivity index (χ4n) is 3.08. The molecule has 0 radical (unpaired) electrons. The first kappa shape index (κ1) is 13.4. The summed E-state index contributed by atoms with van der Waals surface area (Å²) in [6.45, 7) is 0.535. The zero-order chi connectivity index (χ0) is 16.1. The molecule has 0 bridgehead atoms. The third-order valence-electron chi connectivity index (χ3n) is 4.24. The van der Waals surface area contributed by atoms with Crippen molar-refractivity contribution in [3.8, 4) is 28.2 Å². The first-order chi connectivity index (χ1) is 11.8. The molecule has 1 aromatic carbocycles. The van der Waals surface area contributed by atoms with E-state index >= 15 is 0 Å². The van der Waals surface area contributed by atoms with Crippen molar-refractivity contribution in [3.63, 3.8) is 0 Å². The Morgan fingerprint density at radius 1 is 1.00 bits per heavy atom. The average molecular weight is 335 g/mol. The second-order valence-electron chi connectivity index (χ2n) is 5.56. The summed E-state index contributed by atoms with van der Waals surface area (Å²) in [6.07, 6.45) is 6.89. The molecular formula is C17H11ClN6. The maximum atomic E-state index is 6.26. The van der Waals surface area contributed by atoms with Gasteiger partial charge in [0.15, 0.2) is 11.0 Å². The Morgan fingerprint density at radius 3 is 2.75 bits per heavy atom. The van der Waals surface area contributed by atoms with E-state index in [0.29, 0.717) is 11.7 Å². The minimum absolute atomic E-state index is 0.488. The molecule has 3 aromatic heterocycles. The van der Waals surface area contributed by atoms with Crippen molar-refractivity contribution in [2.45, 2.75) is 6.54 Å². The molecule has 116 valence electrons. The van der Waals surface area contributed by atoms with Gasteiger partial charge in [0.1, 0.15) is 12.7 Å². The largest absolute Gasteiger partial charge is 0.299 e. The summed E-state index contributed by atoms with van der Waals surface area (Å²) >= 11 is 6.26. The summed E-state index contributed by atoms with van der Waals surface area (Å²) in [5.41, 5.74) is 5.09. The van der Waals surface area contributed by atoms with Crippen LogP contribution in [0.5, 0.6) is 0 Å². The highest BCUT2D eigenvalue weighted by molar-refractivity contribution is 6.30. The molecule has 0 N–H and O–H groups in total. The number of halogens is 1. The molecule has 6 nitrogen and oxygen atoms in total. The van der Waals surface area contributed by atoms with Gasteiger partial charge in [-0.2, -0.15) is 5.10 Å². The minimum Gasteiger partial charge on any atom is -0.299 e. The van der Waals surface area contributed by atoms with Crippen LogP contribution in [0.2, 0.25) is 5.15 Å². The second kappa shape index (κ2) is 5.01. The van der Waals surface area contributed by atoms with E-state index in [1.807, 2.05) is 21.4 Å². The van der Waals surface area contributed by atoms with Gasteiger partial charge in [-0.05, 0) is 35.4 Å². The van der Waals surface area contributed by atoms with Crippen LogP contribution < -0.4 is 0 Å². The molecular weight excluding hydrogens is 324 g/mol. The molecule has 0 fully saturated rings. The number of imidazole rings is 1. The van der Waals surface area contributed by atoms with Crippen LogP contribution >= 0.6 is 11.6 Å². The predicted octanol–water partition coefficient (Wildman–Crippen LogP) is 3.21. The molecule has 0 aliphatic carbocycles. The quantitative estimate of drug-likeness (QED) is 0.472. The van der Waals surface area contributed by atoms with E-state index in [1.165, 1.54) is 0 Å². The molecule has 5 rings (SSSR count). The Labute approximate surface area is 142 Å². The zero-order valence-corrected chi connectivity index (χ0v) is 13.2. The Balaban J connectivity index is 1.80. The monoisotopic (exact) mass is 334 g/mol. The first-order valence-corrected chi connectivity index (χ1v) is 7.84. The molecule has 4 aromatic rings. The summed E-state index contributed by atoms with van der Waals surface area (Å²) in [5.74, 6) is 0.820. The molecule has 0 unspecified atom stereocenters. The van der Waals surface area contributed by atoms with Gasteiger partial charge in [0.05, 0.1) is 17.9 Å². The highest BCUT2D eigenvalue weighted by Gasteiger charge is 2.23. The number of hydrogen-bond acceptors (Lipinski definition) is 4. The zero-order valence-electron chi connectivity index (χ0n) is 12.5. The van der Waals surface area contributed by atoms with E-state index in [1.54, 1.807) is 25.0 Å². The lowest BCUT2D eigenvalue weighted by Gasteiger charge is -2.10. The van der Waals surface area contributed by atoms with Gasteiger partial charge in [-0.25, -0.2) is 14.6 Å². The topological polar surface area (TPSA) is 61.4 Å². The Bertz CT molecular complexity index is 1050. The van der Waals surface area contributed by atoms with Gasteiger partial charge in [0.2, 0.25) is 0 Å². The van der Waals surface area contributed by atoms with Crippen molar-refractivity contribution in [1.82, 2.24) is 29.3 Å². The molecule has 24 heavy (non-hydrogen) atoms. The van der Waals surface area contributed by atoms with Gasteiger partial charge in [0, 0.05) is 18.0 Å². The normalized spacial score (nSPS) is 12.2. The highest BCUT2D eigenvalue weighted by Crippen LogP contribution is 2.35. The van der Waals surface area contributed by atoms with Gasteiger partial charge < -0.3 is 0 Å². The number of pyridine rings is 1. The molecule has 0 atom stereocenters. The molecule has 7 heteroatoms. The molecule has 0 saturated carbocycles. The van der Waals surface area contributed by atoms with Gasteiger partial charge in [-0.15, -0.1) is 0 Å². The number of rotatable bonds is 1. The number of benzene rings is 1. The third kappa shape index (κ3) is 1.90. The fourth-order valence-corrected chi connectivity index (χ4v) is 3.27. The molecule has 1 aliphatic heterocycles. The highest BCUT2D eigenvalue weighted by atomic mass is 35.5. The number of nitrogens with zero attached hydrogens (tertiary/aromatic N) is 6. The summed E-state index contributed by atoms with van der Waals surface area (Å²) in [5, 5.41) is 4.82. The van der Waals surface area contributed by atoms with Crippen LogP contribution in [0.15, 0.2) is 55.4 Å². The minimum atomic E-state index is 0.488. The summed E-state index contributed by atoms with van der Waals surface area (Å²) in [7, 11) is 0. The van der Waals surface area contributed by atoms with E-state index in [0.717, 1.165) is 33.9 Å². The molecule has 4 heterocycles. The Hall–Kier alpha value is -2.99. The van der Waals surface area contributed by atoms with Crippen LogP contribution in [0.3, 0.4) is 0 Å². The Kier molecular flexibility index (Phi) is 2.80. The number of aromatic nitrogens is 6. The van der Waals surface area contributed by atoms with E-state index < -0.39 is 0 Å². The van der Waals surface area contributed by atoms with Gasteiger partial charge in [-0.1, -0.05) is 17.7 Å². The molecule has 0 saturated heterocycles. The van der Waals surface area contributed by atoms with Crippen LogP contribution in [-0.4, -0.2) is 29.3 Å². The number of fused-ring (bicyclic) bond motifs is 5. The molecule has 1 aliphatic rings. The van der Waals surface area contributed by atoms with Crippen molar-refractivity contribution in [2.24, 2.45) is 0 Å². The van der Waals surface area contributed by atoms with Crippen LogP contribution in [0.4, 0.5) is 0 Å². The lowest BCUT2D eigenvalue weighted by atomic mass is 10.0. The van der Waals surface area contributed by atoms with Gasteiger partial charge in [-0.3, -0.25) is 9.55 Å². The predicted molar refractivity (Wildman–Crippen MR) is 89.9 cm³/mol. The van der Waals surface area contributed by atoms with Gasteiger partial charge >= 0.3 is 0 Å². The van der Waals surface area contributed by atoms with Gasteiger partial charge in [0.25, 0.3) is 0 Å². The Morgan fingerprint density at radius 2 is 1.88 bits per heavy atom. The molecule has 0 amide bonds. The standard InChI is InChI=1S/C17H11ClN6/c18-16-15-8-24-17(20-9-22-24)13-7-12(11-3-5-19-6-4-11)1-2-14(13)23(15)10-21-16/h1-7,9-10H,8H2. The molecule has 0 spiro atoms. The van der Waals surface area contributed by atoms with E-state index in [2.05, 4.69) is 38.2 Å². The van der Waals surface area contributed by atoms with Crippen LogP contribution in [0.25, 0.3) is 28.2 Å². The van der Waals surface area contributed by atoms with Crippen molar-refractivity contribution >= 4 is 11.6 Å². The van der Waals surface area contributed by atoms with Crippen molar-refractivity contribution in [3.05, 3.63) is 66.2 Å². The maximum absolute atomic E-state index is 6.26. The van der Waals surface area contributed by atoms with E-state index in [-0.39, 0.29) is 0 Å². The lowest BCUT2D eigenvalue weighted by Crippen LogP contribution is -2.04. The van der Waals surface area contributed by atoms with E-state index in [4.69, 9.17) is 11.6 Å². The average Bonchev–Trinajstić information content (AvgIpc) is 3.20. The maximum Gasteiger partial charge on any atom is 0.160 e. The summed E-state index contributed by atoms with van der Waals surface area (Å²) in [4.78, 5) is 12.8. The van der Waals surface area contributed by atoms with Crippen molar-refractivity contribution in [1.29, 1.82) is 0 Å². The second-order valence-corrected chi connectivity index (χ2v) is 5.92. The SMILES string of the molecule is Clc1ncn2c1Cn1ncnc1-c1cc(-c3ccncc3)ccc1-2. The summed E-state index contributed by atoms with van der Waals surface area (Å²) in [6, 6.07) is 10.2. The van der Waals surface area contributed by atoms with Crippen molar-refractivity contribution in [2.75, 3.05) is 0 Å². The van der Waals surface area contributed by atoms with E-state index in [9.17, 15) is 0 Å². The van der Waals surface area contributed by atoms with Crippen LogP contribution in [0, 0.1) is 0 Å². The smallest absolute Gasteiger partial charge is 0.160 e. The lowest BCUT2D eigenvalue weighted by molar-refractivity contribution is 0.677. The van der Waals surface area contributed by atoms with Crippen LogP contribution in [-0.2, 0) is 6.54 Å². The number of hydrogen-bond donors (Lipinski definition) is 0.